The fourth-order valence-corrected chi connectivity index (χ4v) is 2.20. The molecule has 0 saturated carbocycles. The topological polar surface area (TPSA) is 24.1 Å². The Morgan fingerprint density at radius 1 is 0.909 bits per heavy atom. The summed E-state index contributed by atoms with van der Waals surface area (Å²) < 4.78 is 0. The summed E-state index contributed by atoms with van der Waals surface area (Å²) in [5, 5.41) is 7.03. The van der Waals surface area contributed by atoms with E-state index in [1.807, 2.05) is 0 Å². The number of hydrogen-bond acceptors (Lipinski definition) is 2. The molecule has 1 spiro atoms. The number of halogens is 1. The second-order valence-corrected chi connectivity index (χ2v) is 3.56. The van der Waals surface area contributed by atoms with E-state index in [1.54, 1.807) is 0 Å². The van der Waals surface area contributed by atoms with E-state index in [2.05, 4.69) is 10.6 Å². The van der Waals surface area contributed by atoms with Crippen LogP contribution in [0.25, 0.3) is 0 Å². The first-order valence-electron chi connectivity index (χ1n) is 4.37. The zero-order valence-electron chi connectivity index (χ0n) is 6.86. The van der Waals surface area contributed by atoms with Crippen LogP contribution in [0.5, 0.6) is 0 Å². The fraction of sp³-hybridized carbons (Fsp3) is 1.00. The molecule has 0 bridgehead atoms. The highest BCUT2D eigenvalue weighted by Gasteiger charge is 2.33. The van der Waals surface area contributed by atoms with E-state index in [0.717, 1.165) is 0 Å². The summed E-state index contributed by atoms with van der Waals surface area (Å²) in [7, 11) is 0. The Kier molecular flexibility index (Phi) is 3.16. The zero-order chi connectivity index (χ0) is 6.86. The maximum absolute atomic E-state index is 3.63. The quantitative estimate of drug-likeness (QED) is 0.574. The normalized spacial score (nSPS) is 28.4. The van der Waals surface area contributed by atoms with Gasteiger partial charge in [0, 0.05) is 5.54 Å². The highest BCUT2D eigenvalue weighted by Crippen LogP contribution is 2.27. The van der Waals surface area contributed by atoms with Crippen molar-refractivity contribution in [1.82, 2.24) is 10.6 Å². The first-order valence-corrected chi connectivity index (χ1v) is 4.37. The van der Waals surface area contributed by atoms with Gasteiger partial charge in [-0.25, -0.2) is 0 Å². The van der Waals surface area contributed by atoms with Gasteiger partial charge in [0.25, 0.3) is 0 Å². The largest absolute Gasteiger partial charge is 0.317 e. The van der Waals surface area contributed by atoms with Crippen LogP contribution in [0.1, 0.15) is 25.7 Å². The second-order valence-electron chi connectivity index (χ2n) is 3.56. The van der Waals surface area contributed by atoms with Gasteiger partial charge >= 0.3 is 0 Å². The number of piperidine rings is 1. The van der Waals surface area contributed by atoms with Crippen LogP contribution in [0, 0.1) is 0 Å². The summed E-state index contributed by atoms with van der Waals surface area (Å²) in [5.74, 6) is 0. The van der Waals surface area contributed by atoms with E-state index in [0.29, 0.717) is 5.54 Å². The Bertz CT molecular complexity index is 113. The van der Waals surface area contributed by atoms with E-state index in [-0.39, 0.29) is 12.4 Å². The van der Waals surface area contributed by atoms with Crippen molar-refractivity contribution < 1.29 is 0 Å². The molecule has 0 atom stereocenters. The van der Waals surface area contributed by atoms with Gasteiger partial charge in [-0.2, -0.15) is 0 Å². The minimum absolute atomic E-state index is 0. The molecule has 0 aliphatic carbocycles. The van der Waals surface area contributed by atoms with Crippen molar-refractivity contribution >= 4 is 12.4 Å². The molecule has 66 valence electrons. The van der Waals surface area contributed by atoms with Crippen molar-refractivity contribution in [2.24, 2.45) is 0 Å². The lowest BCUT2D eigenvalue weighted by Crippen LogP contribution is -2.48. The van der Waals surface area contributed by atoms with E-state index in [4.69, 9.17) is 0 Å². The molecule has 3 heteroatoms. The van der Waals surface area contributed by atoms with Crippen molar-refractivity contribution in [2.75, 3.05) is 19.6 Å². The maximum atomic E-state index is 3.63. The molecule has 0 unspecified atom stereocenters. The van der Waals surface area contributed by atoms with Gasteiger partial charge in [-0.3, -0.25) is 0 Å². The molecule has 2 saturated heterocycles. The van der Waals surface area contributed by atoms with Gasteiger partial charge in [0.2, 0.25) is 0 Å². The second kappa shape index (κ2) is 3.74. The fourth-order valence-electron chi connectivity index (χ4n) is 2.20. The van der Waals surface area contributed by atoms with Crippen LogP contribution in [0.2, 0.25) is 0 Å². The molecule has 2 N–H and O–H groups in total. The van der Waals surface area contributed by atoms with Gasteiger partial charge in [0.15, 0.2) is 0 Å². The van der Waals surface area contributed by atoms with Crippen LogP contribution in [0.3, 0.4) is 0 Å². The highest BCUT2D eigenvalue weighted by atomic mass is 35.5. The van der Waals surface area contributed by atoms with Gasteiger partial charge in [0.05, 0.1) is 0 Å². The smallest absolute Gasteiger partial charge is 0.0206 e. The lowest BCUT2D eigenvalue weighted by molar-refractivity contribution is 0.277. The molecule has 0 amide bonds. The minimum atomic E-state index is 0. The molecule has 0 aromatic heterocycles. The van der Waals surface area contributed by atoms with Crippen LogP contribution in [0.15, 0.2) is 0 Å². The SMILES string of the molecule is C1CNC2(C1)CCNCC2.Cl. The van der Waals surface area contributed by atoms with Crippen molar-refractivity contribution in [3.63, 3.8) is 0 Å². The Morgan fingerprint density at radius 2 is 1.64 bits per heavy atom. The summed E-state index contributed by atoms with van der Waals surface area (Å²) in [4.78, 5) is 0. The van der Waals surface area contributed by atoms with Crippen LogP contribution in [-0.4, -0.2) is 25.2 Å². The van der Waals surface area contributed by atoms with E-state index >= 15 is 0 Å². The predicted molar refractivity (Wildman–Crippen MR) is 49.3 cm³/mol. The minimum Gasteiger partial charge on any atom is -0.317 e. The number of hydrogen-bond donors (Lipinski definition) is 2. The summed E-state index contributed by atoms with van der Waals surface area (Å²) in [6, 6.07) is 0. The van der Waals surface area contributed by atoms with Crippen molar-refractivity contribution in [3.8, 4) is 0 Å². The Balaban J connectivity index is 0.000000605. The maximum Gasteiger partial charge on any atom is 0.0206 e. The van der Waals surface area contributed by atoms with Gasteiger partial charge < -0.3 is 10.6 Å². The van der Waals surface area contributed by atoms with Gasteiger partial charge in [-0.15, -0.1) is 12.4 Å². The van der Waals surface area contributed by atoms with Crippen LogP contribution in [0.4, 0.5) is 0 Å². The molecule has 2 heterocycles. The third-order valence-electron chi connectivity index (χ3n) is 2.89. The predicted octanol–water partition coefficient (Wildman–Crippen LogP) is 0.914. The van der Waals surface area contributed by atoms with Crippen LogP contribution < -0.4 is 10.6 Å². The molecule has 2 nitrogen and oxygen atoms in total. The van der Waals surface area contributed by atoms with Gasteiger partial charge in [-0.05, 0) is 45.3 Å². The van der Waals surface area contributed by atoms with E-state index < -0.39 is 0 Å². The van der Waals surface area contributed by atoms with Crippen molar-refractivity contribution in [1.29, 1.82) is 0 Å². The molecule has 2 rings (SSSR count). The average Bonchev–Trinajstić information content (AvgIpc) is 2.39. The summed E-state index contributed by atoms with van der Waals surface area (Å²) >= 11 is 0. The summed E-state index contributed by atoms with van der Waals surface area (Å²) in [6.45, 7) is 3.68. The molecule has 2 aliphatic rings. The molecule has 2 aliphatic heterocycles. The molecule has 2 fully saturated rings. The standard InChI is InChI=1S/C8H16N2.ClH/c1-2-8(10-5-1)3-6-9-7-4-8;/h9-10H,1-7H2;1H. The Labute approximate surface area is 74.5 Å². The molecular weight excluding hydrogens is 160 g/mol. The molecule has 11 heavy (non-hydrogen) atoms. The lowest BCUT2D eigenvalue weighted by Gasteiger charge is -2.33. The van der Waals surface area contributed by atoms with Crippen molar-refractivity contribution in [2.45, 2.75) is 31.2 Å². The van der Waals surface area contributed by atoms with E-state index in [1.165, 1.54) is 45.3 Å². The monoisotopic (exact) mass is 176 g/mol. The third-order valence-corrected chi connectivity index (χ3v) is 2.89. The van der Waals surface area contributed by atoms with Gasteiger partial charge in [-0.1, -0.05) is 0 Å². The molecule has 0 radical (unpaired) electrons. The molecule has 0 aromatic rings. The van der Waals surface area contributed by atoms with Gasteiger partial charge in [0.1, 0.15) is 0 Å². The number of rotatable bonds is 0. The average molecular weight is 177 g/mol. The van der Waals surface area contributed by atoms with Crippen LogP contribution >= 0.6 is 12.4 Å². The summed E-state index contributed by atoms with van der Waals surface area (Å²) in [5.41, 5.74) is 0.561. The Morgan fingerprint density at radius 3 is 2.18 bits per heavy atom. The third kappa shape index (κ3) is 1.86. The van der Waals surface area contributed by atoms with E-state index in [9.17, 15) is 0 Å². The molecule has 0 aromatic carbocycles. The van der Waals surface area contributed by atoms with Crippen molar-refractivity contribution in [3.05, 3.63) is 0 Å². The Hall–Kier alpha value is 0.210. The first kappa shape index (κ1) is 9.30. The lowest BCUT2D eigenvalue weighted by atomic mass is 9.87. The zero-order valence-corrected chi connectivity index (χ0v) is 7.67. The summed E-state index contributed by atoms with van der Waals surface area (Å²) in [6.07, 6.45) is 5.48. The number of nitrogens with one attached hydrogen (secondary N) is 2. The first-order chi connectivity index (χ1) is 4.91. The van der Waals surface area contributed by atoms with Crippen LogP contribution in [-0.2, 0) is 0 Å². The highest BCUT2D eigenvalue weighted by molar-refractivity contribution is 5.85. The molecular formula is C8H17ClN2.